The number of carbonyl (C=O) groups excluding carboxylic acids is 3. The van der Waals surface area contributed by atoms with E-state index < -0.39 is 6.10 Å². The molecule has 0 aromatic heterocycles. The molecule has 0 spiro atoms. The van der Waals surface area contributed by atoms with Crippen molar-refractivity contribution >= 4 is 17.9 Å². The topological polar surface area (TPSA) is 78.9 Å². The van der Waals surface area contributed by atoms with Crippen LogP contribution in [0.25, 0.3) is 0 Å². The van der Waals surface area contributed by atoms with E-state index in [0.717, 1.165) is 116 Å². The van der Waals surface area contributed by atoms with E-state index in [1.165, 1.54) is 173 Å². The fraction of sp³-hybridized carbons (Fsp3) is 0.740. The van der Waals surface area contributed by atoms with E-state index in [1.807, 2.05) is 0 Å². The zero-order valence-electron chi connectivity index (χ0n) is 52.1. The lowest BCUT2D eigenvalue weighted by atomic mass is 10.0. The molecule has 0 aromatic rings. The highest BCUT2D eigenvalue weighted by atomic mass is 16.6. The molecule has 79 heavy (non-hydrogen) atoms. The molecule has 0 radical (unpaired) electrons. The van der Waals surface area contributed by atoms with Crippen LogP contribution in [-0.4, -0.2) is 37.2 Å². The van der Waals surface area contributed by atoms with Crippen LogP contribution in [0.15, 0.2) is 97.2 Å². The van der Waals surface area contributed by atoms with Crippen LogP contribution >= 0.6 is 0 Å². The second-order valence-corrected chi connectivity index (χ2v) is 22.3. The highest BCUT2D eigenvalue weighted by Crippen LogP contribution is 2.17. The molecule has 0 rings (SSSR count). The molecule has 0 bridgehead atoms. The Kier molecular flexibility index (Phi) is 63.7. The van der Waals surface area contributed by atoms with E-state index in [1.54, 1.807) is 0 Å². The lowest BCUT2D eigenvalue weighted by Gasteiger charge is -2.18. The molecule has 6 heteroatoms. The van der Waals surface area contributed by atoms with E-state index >= 15 is 0 Å². The summed E-state index contributed by atoms with van der Waals surface area (Å²) >= 11 is 0. The standard InChI is InChI=1S/C73H126O6/c1-4-7-10-13-16-19-22-25-27-28-29-30-31-32-33-34-35-36-37-38-39-40-41-42-43-44-45-46-47-49-51-54-57-60-63-66-72(75)78-69-70(68-77-71(74)65-62-59-56-53-50-24-21-18-15-12-9-6-3)79-73(76)67-64-61-58-55-52-48-26-23-20-17-14-11-8-5-2/h7,10,16,18-19,21,23,25-27,29-30,32-33,35-36,70H,4-6,8-9,11-15,17,20,22,24,28,31,34,37-69H2,1-3H3/b10-7-,19-16-,21-18-,26-23-,27-25-,30-29-,33-32-,36-35-. The molecule has 0 amide bonds. The second kappa shape index (κ2) is 66.8. The molecule has 0 aliphatic rings. The molecule has 0 N–H and O–H groups in total. The first-order valence-electron chi connectivity index (χ1n) is 33.7. The van der Waals surface area contributed by atoms with Gasteiger partial charge < -0.3 is 14.2 Å². The van der Waals surface area contributed by atoms with Gasteiger partial charge in [-0.15, -0.1) is 0 Å². The molecule has 1 unspecified atom stereocenters. The van der Waals surface area contributed by atoms with Crippen molar-refractivity contribution in [1.82, 2.24) is 0 Å². The zero-order chi connectivity index (χ0) is 57.1. The van der Waals surface area contributed by atoms with Crippen molar-refractivity contribution in [2.75, 3.05) is 13.2 Å². The quantitative estimate of drug-likeness (QED) is 0.0261. The van der Waals surface area contributed by atoms with E-state index in [0.29, 0.717) is 19.3 Å². The summed E-state index contributed by atoms with van der Waals surface area (Å²) in [5.41, 5.74) is 0. The summed E-state index contributed by atoms with van der Waals surface area (Å²) in [5, 5.41) is 0. The number of ether oxygens (including phenoxy) is 3. The highest BCUT2D eigenvalue weighted by Gasteiger charge is 2.19. The van der Waals surface area contributed by atoms with E-state index in [2.05, 4.69) is 118 Å². The van der Waals surface area contributed by atoms with Gasteiger partial charge in [-0.1, -0.05) is 285 Å². The average molecular weight is 1100 g/mol. The molecular formula is C73H126O6. The molecule has 454 valence electrons. The van der Waals surface area contributed by atoms with E-state index in [-0.39, 0.29) is 31.1 Å². The number of carbonyl (C=O) groups is 3. The smallest absolute Gasteiger partial charge is 0.306 e. The third-order valence-electron chi connectivity index (χ3n) is 14.5. The minimum Gasteiger partial charge on any atom is -0.462 e. The Bertz CT molecular complexity index is 1540. The third kappa shape index (κ3) is 65.0. The summed E-state index contributed by atoms with van der Waals surface area (Å²) in [7, 11) is 0. The number of hydrogen-bond acceptors (Lipinski definition) is 6. The molecule has 0 aromatic carbocycles. The van der Waals surface area contributed by atoms with Gasteiger partial charge in [-0.2, -0.15) is 0 Å². The summed E-state index contributed by atoms with van der Waals surface area (Å²) in [6.45, 7) is 6.50. The van der Waals surface area contributed by atoms with E-state index in [4.69, 9.17) is 14.2 Å². The Balaban J connectivity index is 4.11. The first-order chi connectivity index (χ1) is 39.0. The van der Waals surface area contributed by atoms with Crippen LogP contribution in [0.2, 0.25) is 0 Å². The maximum Gasteiger partial charge on any atom is 0.306 e. The minimum absolute atomic E-state index is 0.0799. The van der Waals surface area contributed by atoms with Gasteiger partial charge in [0.15, 0.2) is 6.10 Å². The van der Waals surface area contributed by atoms with Crippen molar-refractivity contribution in [3.05, 3.63) is 97.2 Å². The lowest BCUT2D eigenvalue weighted by molar-refractivity contribution is -0.167. The highest BCUT2D eigenvalue weighted by molar-refractivity contribution is 5.71. The zero-order valence-corrected chi connectivity index (χ0v) is 52.1. The van der Waals surface area contributed by atoms with Crippen LogP contribution in [0.3, 0.4) is 0 Å². The molecule has 1 atom stereocenters. The maximum atomic E-state index is 12.9. The van der Waals surface area contributed by atoms with Gasteiger partial charge in [0.25, 0.3) is 0 Å². The predicted molar refractivity (Wildman–Crippen MR) is 344 cm³/mol. The Morgan fingerprint density at radius 3 is 0.810 bits per heavy atom. The molecular weight excluding hydrogens is 973 g/mol. The van der Waals surface area contributed by atoms with Gasteiger partial charge in [-0.3, -0.25) is 14.4 Å². The first-order valence-corrected chi connectivity index (χ1v) is 33.7. The number of rotatable bonds is 61. The summed E-state index contributed by atoms with van der Waals surface area (Å²) in [6.07, 6.45) is 90.1. The molecule has 0 aliphatic heterocycles. The lowest BCUT2D eigenvalue weighted by Crippen LogP contribution is -2.30. The normalized spacial score (nSPS) is 12.7. The summed E-state index contributed by atoms with van der Waals surface area (Å²) < 4.78 is 16.9. The van der Waals surface area contributed by atoms with Crippen LogP contribution in [0.5, 0.6) is 0 Å². The Morgan fingerprint density at radius 1 is 0.266 bits per heavy atom. The Morgan fingerprint density at radius 2 is 0.494 bits per heavy atom. The molecule has 0 heterocycles. The largest absolute Gasteiger partial charge is 0.462 e. The van der Waals surface area contributed by atoms with Crippen molar-refractivity contribution in [3.63, 3.8) is 0 Å². The van der Waals surface area contributed by atoms with Crippen molar-refractivity contribution in [2.45, 2.75) is 335 Å². The van der Waals surface area contributed by atoms with Crippen molar-refractivity contribution < 1.29 is 28.6 Å². The monoisotopic (exact) mass is 1100 g/mol. The molecule has 0 fully saturated rings. The summed E-state index contributed by atoms with van der Waals surface area (Å²) in [6, 6.07) is 0. The first kappa shape index (κ1) is 75.3. The average Bonchev–Trinajstić information content (AvgIpc) is 3.45. The van der Waals surface area contributed by atoms with Gasteiger partial charge in [-0.25, -0.2) is 0 Å². The van der Waals surface area contributed by atoms with Crippen molar-refractivity contribution in [2.24, 2.45) is 0 Å². The molecule has 0 aliphatic carbocycles. The van der Waals surface area contributed by atoms with Crippen molar-refractivity contribution in [1.29, 1.82) is 0 Å². The fourth-order valence-corrected chi connectivity index (χ4v) is 9.50. The second-order valence-electron chi connectivity index (χ2n) is 22.3. The van der Waals surface area contributed by atoms with Crippen molar-refractivity contribution in [3.8, 4) is 0 Å². The number of unbranched alkanes of at least 4 members (excludes halogenated alkanes) is 34. The number of esters is 3. The van der Waals surface area contributed by atoms with Crippen LogP contribution in [0.1, 0.15) is 329 Å². The van der Waals surface area contributed by atoms with Gasteiger partial charge in [0, 0.05) is 19.3 Å². The third-order valence-corrected chi connectivity index (χ3v) is 14.5. The fourth-order valence-electron chi connectivity index (χ4n) is 9.50. The number of hydrogen-bond donors (Lipinski definition) is 0. The Labute approximate surface area is 489 Å². The van der Waals surface area contributed by atoms with Gasteiger partial charge in [0.2, 0.25) is 0 Å². The maximum absolute atomic E-state index is 12.9. The van der Waals surface area contributed by atoms with Gasteiger partial charge in [0.05, 0.1) is 0 Å². The van der Waals surface area contributed by atoms with Gasteiger partial charge in [0.1, 0.15) is 13.2 Å². The van der Waals surface area contributed by atoms with Crippen LogP contribution in [0, 0.1) is 0 Å². The molecule has 0 saturated carbocycles. The SMILES string of the molecule is CC/C=C\C/C=C\C/C=C\C/C=C\C/C=C\C/C=C\CCCCCCCCCCCCCCCCCCC(=O)OCC(COC(=O)CCCCCCC/C=C\CCCCC)OC(=O)CCCCCCC/C=C\CCCCCCC. The molecule has 0 saturated heterocycles. The van der Waals surface area contributed by atoms with Crippen LogP contribution in [0.4, 0.5) is 0 Å². The molecule has 6 nitrogen and oxygen atoms in total. The number of allylic oxidation sites excluding steroid dienone is 16. The summed E-state index contributed by atoms with van der Waals surface area (Å²) in [5.74, 6) is -0.886. The van der Waals surface area contributed by atoms with E-state index in [9.17, 15) is 14.4 Å². The summed E-state index contributed by atoms with van der Waals surface area (Å²) in [4.78, 5) is 38.2. The van der Waals surface area contributed by atoms with Gasteiger partial charge >= 0.3 is 17.9 Å². The van der Waals surface area contributed by atoms with Gasteiger partial charge in [-0.05, 0) is 122 Å². The van der Waals surface area contributed by atoms with Crippen LogP contribution < -0.4 is 0 Å². The Hall–Kier alpha value is -3.67. The van der Waals surface area contributed by atoms with Crippen LogP contribution in [-0.2, 0) is 28.6 Å². The predicted octanol–water partition coefficient (Wildman–Crippen LogP) is 23.2. The minimum atomic E-state index is -0.783.